The van der Waals surface area contributed by atoms with Gasteiger partial charge in [0.15, 0.2) is 11.3 Å². The van der Waals surface area contributed by atoms with Crippen LogP contribution in [0, 0.1) is 23.0 Å². The molecule has 2 aliphatic rings. The molecule has 2 atom stereocenters. The molecule has 0 saturated carbocycles. The second-order valence-corrected chi connectivity index (χ2v) is 7.55. The number of imidazole rings is 1. The lowest BCUT2D eigenvalue weighted by Gasteiger charge is -2.27. The minimum absolute atomic E-state index is 0.292. The molecule has 3 aromatic rings. The van der Waals surface area contributed by atoms with E-state index in [9.17, 15) is 13.6 Å². The van der Waals surface area contributed by atoms with Gasteiger partial charge >= 0.3 is 6.03 Å². The molecule has 2 aliphatic heterocycles. The maximum absolute atomic E-state index is 13.7. The Morgan fingerprint density at radius 3 is 2.81 bits per heavy atom. The number of amides is 2. The van der Waals surface area contributed by atoms with Crippen LogP contribution in [0.15, 0.2) is 41.6 Å². The van der Waals surface area contributed by atoms with E-state index in [2.05, 4.69) is 15.2 Å². The normalized spacial score (nSPS) is 20.2. The molecule has 0 spiro atoms. The molecule has 0 unspecified atom stereocenters. The fourth-order valence-electron chi connectivity index (χ4n) is 3.95. The largest absolute Gasteiger partial charge is 0.471 e. The van der Waals surface area contributed by atoms with Crippen LogP contribution in [0.4, 0.5) is 13.6 Å². The highest BCUT2D eigenvalue weighted by molar-refractivity contribution is 5.78. The monoisotopic (exact) mass is 437 g/mol. The van der Waals surface area contributed by atoms with Crippen LogP contribution < -0.4 is 4.74 Å². The van der Waals surface area contributed by atoms with Crippen LogP contribution in [0.5, 0.6) is 5.88 Å². The Labute approximate surface area is 181 Å². The third kappa shape index (κ3) is 3.60. The number of urea groups is 1. The first kappa shape index (κ1) is 19.9. The quantitative estimate of drug-likeness (QED) is 0.627. The fraction of sp³-hybridized carbons (Fsp3) is 0.286. The predicted octanol–water partition coefficient (Wildman–Crippen LogP) is 2.89. The van der Waals surface area contributed by atoms with Crippen LogP contribution in [0.2, 0.25) is 0 Å². The lowest BCUT2D eigenvalue weighted by atomic mass is 10.0. The Hall–Kier alpha value is -4.07. The number of halogens is 2. The highest BCUT2D eigenvalue weighted by Crippen LogP contribution is 2.31. The standard InChI is InChI=1S/C21H17F2N7O2/c22-14-7-13(8-15(23)9-14)18-3-5-26-30(18)21(31)28-6-4-17(12-28)32-20-2-1-19-25-11-16(10-24)29(19)27-20/h1-2,5,7-9,11,17-18H,3-4,6,12H2/t17-,18+/m1/s1. The lowest BCUT2D eigenvalue weighted by molar-refractivity contribution is 0.141. The maximum atomic E-state index is 13.7. The zero-order valence-corrected chi connectivity index (χ0v) is 16.7. The summed E-state index contributed by atoms with van der Waals surface area (Å²) in [5, 5.41) is 18.8. The van der Waals surface area contributed by atoms with E-state index in [0.29, 0.717) is 48.7 Å². The highest BCUT2D eigenvalue weighted by Gasteiger charge is 2.36. The van der Waals surface area contributed by atoms with Gasteiger partial charge in [-0.2, -0.15) is 14.9 Å². The molecule has 0 radical (unpaired) electrons. The summed E-state index contributed by atoms with van der Waals surface area (Å²) in [5.74, 6) is -1.08. The molecule has 9 nitrogen and oxygen atoms in total. The van der Waals surface area contributed by atoms with Crippen molar-refractivity contribution in [2.45, 2.75) is 25.0 Å². The minimum atomic E-state index is -0.698. The number of fused-ring (bicyclic) bond motifs is 1. The van der Waals surface area contributed by atoms with Gasteiger partial charge in [0.05, 0.1) is 18.8 Å². The van der Waals surface area contributed by atoms with E-state index in [0.717, 1.165) is 6.07 Å². The number of hydrogen-bond acceptors (Lipinski definition) is 6. The molecule has 2 amide bonds. The van der Waals surface area contributed by atoms with Crippen LogP contribution in [-0.4, -0.2) is 55.9 Å². The molecule has 0 N–H and O–H groups in total. The van der Waals surface area contributed by atoms with E-state index in [1.54, 1.807) is 23.2 Å². The van der Waals surface area contributed by atoms with Crippen molar-refractivity contribution in [2.75, 3.05) is 13.1 Å². The summed E-state index contributed by atoms with van der Waals surface area (Å²) in [5.41, 5.74) is 1.18. The zero-order valence-electron chi connectivity index (χ0n) is 16.7. The van der Waals surface area contributed by atoms with Crippen molar-refractivity contribution in [1.82, 2.24) is 24.5 Å². The van der Waals surface area contributed by atoms with Gasteiger partial charge in [-0.05, 0) is 23.8 Å². The van der Waals surface area contributed by atoms with Crippen LogP contribution in [-0.2, 0) is 0 Å². The molecule has 1 aromatic carbocycles. The van der Waals surface area contributed by atoms with Gasteiger partial charge in [0.1, 0.15) is 23.8 Å². The van der Waals surface area contributed by atoms with E-state index >= 15 is 0 Å². The van der Waals surface area contributed by atoms with Gasteiger partial charge in [-0.15, -0.1) is 5.10 Å². The first-order valence-electron chi connectivity index (χ1n) is 10.00. The van der Waals surface area contributed by atoms with Crippen molar-refractivity contribution in [3.63, 3.8) is 0 Å². The molecule has 11 heteroatoms. The highest BCUT2D eigenvalue weighted by atomic mass is 19.1. The molecule has 1 fully saturated rings. The number of hydrogen-bond donors (Lipinski definition) is 0. The molecule has 32 heavy (non-hydrogen) atoms. The Morgan fingerprint density at radius 2 is 2.03 bits per heavy atom. The molecule has 4 heterocycles. The number of nitriles is 1. The number of nitrogens with zero attached hydrogens (tertiary/aromatic N) is 7. The van der Waals surface area contributed by atoms with E-state index in [1.165, 1.54) is 27.9 Å². The van der Waals surface area contributed by atoms with Crippen molar-refractivity contribution < 1.29 is 18.3 Å². The summed E-state index contributed by atoms with van der Waals surface area (Å²) in [6, 6.07) is 7.67. The number of carbonyl (C=O) groups excluding carboxylic acids is 1. The SMILES string of the molecule is N#Cc1cnc2ccc(O[C@@H]3CCN(C(=O)N4N=CC[C@H]4c4cc(F)cc(F)c4)C3)nn12. The second kappa shape index (κ2) is 7.88. The number of carbonyl (C=O) groups is 1. The Balaban J connectivity index is 1.27. The first-order chi connectivity index (χ1) is 15.5. The topological polar surface area (TPSA) is 99.1 Å². The molecule has 1 saturated heterocycles. The van der Waals surface area contributed by atoms with E-state index in [4.69, 9.17) is 10.00 Å². The third-order valence-corrected chi connectivity index (χ3v) is 5.45. The van der Waals surface area contributed by atoms with Crippen LogP contribution >= 0.6 is 0 Å². The van der Waals surface area contributed by atoms with Crippen molar-refractivity contribution in [2.24, 2.45) is 5.10 Å². The fourth-order valence-corrected chi connectivity index (χ4v) is 3.95. The number of aromatic nitrogens is 3. The van der Waals surface area contributed by atoms with Crippen molar-refractivity contribution >= 4 is 17.9 Å². The summed E-state index contributed by atoms with van der Waals surface area (Å²) in [4.78, 5) is 18.7. The lowest BCUT2D eigenvalue weighted by Crippen LogP contribution is -2.40. The van der Waals surface area contributed by atoms with Crippen molar-refractivity contribution in [3.8, 4) is 11.9 Å². The summed E-state index contributed by atoms with van der Waals surface area (Å²) in [6.45, 7) is 0.750. The molecular formula is C21H17F2N7O2. The molecule has 162 valence electrons. The summed E-state index contributed by atoms with van der Waals surface area (Å²) in [6.07, 6.45) is 3.65. The van der Waals surface area contributed by atoms with Gasteiger partial charge in [0, 0.05) is 37.7 Å². The number of ether oxygens (including phenoxy) is 1. The third-order valence-electron chi connectivity index (χ3n) is 5.45. The predicted molar refractivity (Wildman–Crippen MR) is 108 cm³/mol. The second-order valence-electron chi connectivity index (χ2n) is 7.55. The summed E-state index contributed by atoms with van der Waals surface area (Å²) >= 11 is 0. The van der Waals surface area contributed by atoms with Gasteiger partial charge in [-0.3, -0.25) is 0 Å². The minimum Gasteiger partial charge on any atom is -0.471 e. The smallest absolute Gasteiger partial charge is 0.341 e. The van der Waals surface area contributed by atoms with Crippen molar-refractivity contribution in [3.05, 3.63) is 59.4 Å². The molecular weight excluding hydrogens is 420 g/mol. The van der Waals surface area contributed by atoms with Gasteiger partial charge in [0.2, 0.25) is 5.88 Å². The Bertz CT molecular complexity index is 1250. The average Bonchev–Trinajstić information content (AvgIpc) is 3.52. The van der Waals surface area contributed by atoms with Gasteiger partial charge in [-0.1, -0.05) is 0 Å². The van der Waals surface area contributed by atoms with Crippen LogP contribution in [0.1, 0.15) is 30.1 Å². The van der Waals surface area contributed by atoms with E-state index in [1.807, 2.05) is 6.07 Å². The van der Waals surface area contributed by atoms with Gasteiger partial charge < -0.3 is 9.64 Å². The maximum Gasteiger partial charge on any atom is 0.341 e. The number of benzene rings is 1. The summed E-state index contributed by atoms with van der Waals surface area (Å²) < 4.78 is 34.6. The number of likely N-dealkylation sites (tertiary alicyclic amines) is 1. The van der Waals surface area contributed by atoms with E-state index < -0.39 is 17.7 Å². The van der Waals surface area contributed by atoms with Crippen LogP contribution in [0.25, 0.3) is 5.65 Å². The molecule has 5 rings (SSSR count). The number of hydrazone groups is 1. The van der Waals surface area contributed by atoms with Gasteiger partial charge in [-0.25, -0.2) is 23.6 Å². The summed E-state index contributed by atoms with van der Waals surface area (Å²) in [7, 11) is 0. The van der Waals surface area contributed by atoms with Crippen molar-refractivity contribution in [1.29, 1.82) is 5.26 Å². The number of rotatable bonds is 3. The molecule has 2 aromatic heterocycles. The zero-order chi connectivity index (χ0) is 22.2. The van der Waals surface area contributed by atoms with E-state index in [-0.39, 0.29) is 12.1 Å². The first-order valence-corrected chi connectivity index (χ1v) is 10.00. The molecule has 0 bridgehead atoms. The Kier molecular flexibility index (Phi) is 4.89. The Morgan fingerprint density at radius 1 is 1.22 bits per heavy atom. The van der Waals surface area contributed by atoms with Crippen LogP contribution in [0.3, 0.4) is 0 Å². The molecule has 0 aliphatic carbocycles. The average molecular weight is 437 g/mol. The van der Waals surface area contributed by atoms with Gasteiger partial charge in [0.25, 0.3) is 0 Å².